The lowest BCUT2D eigenvalue weighted by molar-refractivity contribution is 0.0518. The van der Waals surface area contributed by atoms with E-state index in [0.29, 0.717) is 17.9 Å². The van der Waals surface area contributed by atoms with E-state index in [2.05, 4.69) is 19.2 Å². The third-order valence-electron chi connectivity index (χ3n) is 3.23. The molecule has 0 aliphatic heterocycles. The van der Waals surface area contributed by atoms with Crippen LogP contribution in [-0.4, -0.2) is 23.2 Å². The topological polar surface area (TPSA) is 49.3 Å². The summed E-state index contributed by atoms with van der Waals surface area (Å²) in [6.07, 6.45) is 0.611. The van der Waals surface area contributed by atoms with Gasteiger partial charge in [0, 0.05) is 12.1 Å². The molecule has 0 bridgehead atoms. The maximum atomic E-state index is 11.9. The summed E-state index contributed by atoms with van der Waals surface area (Å²) in [6.45, 7) is 8.12. The van der Waals surface area contributed by atoms with E-state index in [9.17, 15) is 9.90 Å². The monoisotopic (exact) mass is 249 g/mol. The average Bonchev–Trinajstić information content (AvgIpc) is 2.36. The Bertz CT molecular complexity index is 393. The normalized spacial score (nSPS) is 14.3. The molecule has 3 heteroatoms. The zero-order chi connectivity index (χ0) is 13.8. The Labute approximate surface area is 109 Å². The van der Waals surface area contributed by atoms with E-state index in [1.165, 1.54) is 5.56 Å². The molecule has 0 spiro atoms. The molecule has 0 saturated heterocycles. The summed E-state index contributed by atoms with van der Waals surface area (Å²) in [6, 6.07) is 7.59. The summed E-state index contributed by atoms with van der Waals surface area (Å²) in [7, 11) is 0. The van der Waals surface area contributed by atoms with Crippen molar-refractivity contribution in [1.82, 2.24) is 5.32 Å². The van der Waals surface area contributed by atoms with Crippen LogP contribution in [0.4, 0.5) is 0 Å². The fourth-order valence-corrected chi connectivity index (χ4v) is 1.52. The smallest absolute Gasteiger partial charge is 0.251 e. The van der Waals surface area contributed by atoms with Gasteiger partial charge in [-0.15, -0.1) is 0 Å². The Morgan fingerprint density at radius 3 is 2.33 bits per heavy atom. The van der Waals surface area contributed by atoms with Crippen molar-refractivity contribution < 1.29 is 9.90 Å². The zero-order valence-corrected chi connectivity index (χ0v) is 11.7. The Balaban J connectivity index is 2.62. The molecule has 1 aromatic carbocycles. The summed E-state index contributed by atoms with van der Waals surface area (Å²) in [5, 5.41) is 12.6. The minimum Gasteiger partial charge on any atom is -0.388 e. The number of carbonyl (C=O) groups is 1. The van der Waals surface area contributed by atoms with Crippen molar-refractivity contribution in [3.8, 4) is 0 Å². The highest BCUT2D eigenvalue weighted by atomic mass is 16.3. The predicted octanol–water partition coefficient (Wildman–Crippen LogP) is 2.70. The standard InChI is InChI=1S/C15H23NO2/c1-5-15(4,18)10-16-14(17)13-8-6-12(7-9-13)11(2)3/h6-9,11,18H,5,10H2,1-4H3,(H,16,17). The molecule has 0 saturated carbocycles. The second kappa shape index (κ2) is 6.01. The first-order valence-electron chi connectivity index (χ1n) is 6.46. The molecular weight excluding hydrogens is 226 g/mol. The van der Waals surface area contributed by atoms with Gasteiger partial charge in [-0.05, 0) is 37.0 Å². The number of aliphatic hydroxyl groups is 1. The van der Waals surface area contributed by atoms with Gasteiger partial charge in [-0.2, -0.15) is 0 Å². The summed E-state index contributed by atoms with van der Waals surface area (Å²) in [5.74, 6) is 0.321. The van der Waals surface area contributed by atoms with Crippen LogP contribution in [0.25, 0.3) is 0 Å². The lowest BCUT2D eigenvalue weighted by Gasteiger charge is -2.21. The lowest BCUT2D eigenvalue weighted by Crippen LogP contribution is -2.40. The molecule has 3 nitrogen and oxygen atoms in total. The molecule has 0 aliphatic carbocycles. The molecule has 0 heterocycles. The van der Waals surface area contributed by atoms with E-state index in [-0.39, 0.29) is 12.5 Å². The van der Waals surface area contributed by atoms with Gasteiger partial charge in [-0.1, -0.05) is 32.9 Å². The van der Waals surface area contributed by atoms with E-state index in [1.54, 1.807) is 6.92 Å². The van der Waals surface area contributed by atoms with Crippen molar-refractivity contribution >= 4 is 5.91 Å². The predicted molar refractivity (Wildman–Crippen MR) is 73.8 cm³/mol. The van der Waals surface area contributed by atoms with Crippen LogP contribution in [0.2, 0.25) is 0 Å². The quantitative estimate of drug-likeness (QED) is 0.843. The van der Waals surface area contributed by atoms with E-state index in [4.69, 9.17) is 0 Å². The number of benzene rings is 1. The largest absolute Gasteiger partial charge is 0.388 e. The molecule has 0 radical (unpaired) electrons. The average molecular weight is 249 g/mol. The fourth-order valence-electron chi connectivity index (χ4n) is 1.52. The number of rotatable bonds is 5. The zero-order valence-electron chi connectivity index (χ0n) is 11.7. The highest BCUT2D eigenvalue weighted by Crippen LogP contribution is 2.14. The lowest BCUT2D eigenvalue weighted by atomic mass is 10.0. The van der Waals surface area contributed by atoms with Crippen LogP contribution in [0.15, 0.2) is 24.3 Å². The molecule has 18 heavy (non-hydrogen) atoms. The third kappa shape index (κ3) is 4.15. The second-order valence-electron chi connectivity index (χ2n) is 5.31. The third-order valence-corrected chi connectivity index (χ3v) is 3.23. The summed E-state index contributed by atoms with van der Waals surface area (Å²) >= 11 is 0. The van der Waals surface area contributed by atoms with Gasteiger partial charge in [0.25, 0.3) is 5.91 Å². The second-order valence-corrected chi connectivity index (χ2v) is 5.31. The molecule has 2 N–H and O–H groups in total. The maximum Gasteiger partial charge on any atom is 0.251 e. The maximum absolute atomic E-state index is 11.9. The first-order chi connectivity index (χ1) is 8.35. The number of nitrogens with one attached hydrogen (secondary N) is 1. The highest BCUT2D eigenvalue weighted by molar-refractivity contribution is 5.94. The van der Waals surface area contributed by atoms with Crippen molar-refractivity contribution in [2.45, 2.75) is 45.6 Å². The van der Waals surface area contributed by atoms with Crippen molar-refractivity contribution in [2.24, 2.45) is 0 Å². The van der Waals surface area contributed by atoms with Gasteiger partial charge in [0.2, 0.25) is 0 Å². The van der Waals surface area contributed by atoms with Gasteiger partial charge in [-0.25, -0.2) is 0 Å². The van der Waals surface area contributed by atoms with Crippen molar-refractivity contribution in [3.05, 3.63) is 35.4 Å². The Hall–Kier alpha value is -1.35. The van der Waals surface area contributed by atoms with Crippen LogP contribution in [0.5, 0.6) is 0 Å². The number of hydrogen-bond acceptors (Lipinski definition) is 2. The van der Waals surface area contributed by atoms with Crippen LogP contribution in [0.3, 0.4) is 0 Å². The van der Waals surface area contributed by atoms with Crippen molar-refractivity contribution in [1.29, 1.82) is 0 Å². The first kappa shape index (κ1) is 14.7. The van der Waals surface area contributed by atoms with Crippen molar-refractivity contribution in [2.75, 3.05) is 6.54 Å². The minimum absolute atomic E-state index is 0.140. The van der Waals surface area contributed by atoms with Gasteiger partial charge in [-0.3, -0.25) is 4.79 Å². The molecule has 1 amide bonds. The van der Waals surface area contributed by atoms with E-state index in [0.717, 1.165) is 0 Å². The summed E-state index contributed by atoms with van der Waals surface area (Å²) in [4.78, 5) is 11.9. The molecule has 1 atom stereocenters. The van der Waals surface area contributed by atoms with Gasteiger partial charge >= 0.3 is 0 Å². The number of carbonyl (C=O) groups excluding carboxylic acids is 1. The molecule has 0 fully saturated rings. The number of hydrogen-bond donors (Lipinski definition) is 2. The first-order valence-corrected chi connectivity index (χ1v) is 6.46. The Kier molecular flexibility index (Phi) is 4.91. The van der Waals surface area contributed by atoms with Gasteiger partial charge in [0.05, 0.1) is 5.60 Å². The SMILES string of the molecule is CCC(C)(O)CNC(=O)c1ccc(C(C)C)cc1. The van der Waals surface area contributed by atoms with E-state index >= 15 is 0 Å². The van der Waals surface area contributed by atoms with Gasteiger partial charge in [0.1, 0.15) is 0 Å². The Morgan fingerprint density at radius 1 is 1.33 bits per heavy atom. The summed E-state index contributed by atoms with van der Waals surface area (Å²) < 4.78 is 0. The highest BCUT2D eigenvalue weighted by Gasteiger charge is 2.18. The van der Waals surface area contributed by atoms with Gasteiger partial charge < -0.3 is 10.4 Å². The Morgan fingerprint density at radius 2 is 1.89 bits per heavy atom. The molecular formula is C15H23NO2. The van der Waals surface area contributed by atoms with Crippen LogP contribution in [0.1, 0.15) is 56.0 Å². The molecule has 0 aliphatic rings. The van der Waals surface area contributed by atoms with Crippen LogP contribution < -0.4 is 5.32 Å². The van der Waals surface area contributed by atoms with E-state index in [1.807, 2.05) is 31.2 Å². The van der Waals surface area contributed by atoms with Crippen molar-refractivity contribution in [3.63, 3.8) is 0 Å². The van der Waals surface area contributed by atoms with Crippen LogP contribution in [-0.2, 0) is 0 Å². The molecule has 1 unspecified atom stereocenters. The molecule has 100 valence electrons. The minimum atomic E-state index is -0.840. The molecule has 1 rings (SSSR count). The van der Waals surface area contributed by atoms with Crippen LogP contribution >= 0.6 is 0 Å². The molecule has 1 aromatic rings. The van der Waals surface area contributed by atoms with Gasteiger partial charge in [0.15, 0.2) is 0 Å². The summed E-state index contributed by atoms with van der Waals surface area (Å²) in [5.41, 5.74) is 1.01. The molecule has 0 aromatic heterocycles. The fraction of sp³-hybridized carbons (Fsp3) is 0.533. The van der Waals surface area contributed by atoms with Crippen LogP contribution in [0, 0.1) is 0 Å². The number of amides is 1. The van der Waals surface area contributed by atoms with E-state index < -0.39 is 5.60 Å².